The Labute approximate surface area is 214 Å². The van der Waals surface area contributed by atoms with Gasteiger partial charge in [0, 0.05) is 17.8 Å². The van der Waals surface area contributed by atoms with Crippen LogP contribution in [0.1, 0.15) is 80.1 Å². The number of amides is 2. The summed E-state index contributed by atoms with van der Waals surface area (Å²) in [6.45, 7) is 0.317. The maximum Gasteiger partial charge on any atom is 0.573 e. The molecule has 2 amide bonds. The maximum atomic E-state index is 13.9. The average molecular weight is 519 g/mol. The van der Waals surface area contributed by atoms with E-state index in [4.69, 9.17) is 0 Å². The van der Waals surface area contributed by atoms with Crippen LogP contribution in [0.4, 0.5) is 23.7 Å². The lowest BCUT2D eigenvalue weighted by molar-refractivity contribution is -0.274. The van der Waals surface area contributed by atoms with Gasteiger partial charge in [0.15, 0.2) is 0 Å². The minimum absolute atomic E-state index is 0.181. The number of aromatic carboxylic acids is 1. The van der Waals surface area contributed by atoms with Crippen LogP contribution < -0.4 is 10.1 Å². The first-order chi connectivity index (χ1) is 17.7. The third kappa shape index (κ3) is 6.76. The number of carboxylic acids is 1. The van der Waals surface area contributed by atoms with Crippen molar-refractivity contribution in [2.24, 2.45) is 5.92 Å². The van der Waals surface area contributed by atoms with E-state index in [1.807, 2.05) is 4.90 Å². The Morgan fingerprint density at radius 1 is 0.919 bits per heavy atom. The molecule has 0 atom stereocenters. The van der Waals surface area contributed by atoms with E-state index in [1.165, 1.54) is 30.7 Å². The number of urea groups is 1. The Bertz CT molecular complexity index is 1060. The summed E-state index contributed by atoms with van der Waals surface area (Å²) < 4.78 is 41.5. The van der Waals surface area contributed by atoms with Crippen LogP contribution in [0.15, 0.2) is 48.5 Å². The lowest BCUT2D eigenvalue weighted by Crippen LogP contribution is -2.58. The van der Waals surface area contributed by atoms with E-state index >= 15 is 0 Å². The fraction of sp³-hybridized carbons (Fsp3) is 0.500. The van der Waals surface area contributed by atoms with Gasteiger partial charge < -0.3 is 20.1 Å². The van der Waals surface area contributed by atoms with Gasteiger partial charge in [0.1, 0.15) is 5.75 Å². The van der Waals surface area contributed by atoms with E-state index in [0.29, 0.717) is 18.2 Å². The van der Waals surface area contributed by atoms with Crippen LogP contribution in [-0.4, -0.2) is 33.9 Å². The predicted octanol–water partition coefficient (Wildman–Crippen LogP) is 7.60. The van der Waals surface area contributed by atoms with Gasteiger partial charge in [-0.3, -0.25) is 0 Å². The van der Waals surface area contributed by atoms with Gasteiger partial charge in [-0.2, -0.15) is 0 Å². The van der Waals surface area contributed by atoms with Crippen molar-refractivity contribution in [3.8, 4) is 5.75 Å². The molecule has 0 aliphatic heterocycles. The third-order valence-corrected chi connectivity index (χ3v) is 7.75. The minimum Gasteiger partial charge on any atom is -0.478 e. The van der Waals surface area contributed by atoms with Gasteiger partial charge in [-0.1, -0.05) is 50.7 Å². The average Bonchev–Trinajstić information content (AvgIpc) is 2.88. The topological polar surface area (TPSA) is 78.9 Å². The lowest BCUT2D eigenvalue weighted by atomic mass is 9.66. The molecule has 0 radical (unpaired) electrons. The second-order valence-corrected chi connectivity index (χ2v) is 10.1. The van der Waals surface area contributed by atoms with Crippen molar-refractivity contribution in [2.45, 2.75) is 82.7 Å². The first-order valence-electron chi connectivity index (χ1n) is 12.9. The number of rotatable bonds is 7. The van der Waals surface area contributed by atoms with Gasteiger partial charge in [0.2, 0.25) is 0 Å². The molecule has 2 fully saturated rings. The van der Waals surface area contributed by atoms with Crippen LogP contribution in [0.3, 0.4) is 0 Å². The number of nitrogens with one attached hydrogen (secondary N) is 1. The van der Waals surface area contributed by atoms with Crippen LogP contribution in [0.5, 0.6) is 5.75 Å². The second-order valence-electron chi connectivity index (χ2n) is 10.1. The molecule has 0 unspecified atom stereocenters. The molecule has 6 nitrogen and oxygen atoms in total. The molecule has 2 saturated carbocycles. The quantitative estimate of drug-likeness (QED) is 0.396. The van der Waals surface area contributed by atoms with E-state index in [-0.39, 0.29) is 22.9 Å². The number of hydrogen-bond donors (Lipinski definition) is 2. The van der Waals surface area contributed by atoms with Crippen molar-refractivity contribution in [3.63, 3.8) is 0 Å². The molecule has 0 bridgehead atoms. The SMILES string of the molecule is O=C(O)c1ccc(CN(C(=O)Nc2ccc(OC(F)(F)F)cc2)C2(C3CCCCC3)CCCCC2)cc1. The summed E-state index contributed by atoms with van der Waals surface area (Å²) >= 11 is 0. The maximum absolute atomic E-state index is 13.9. The van der Waals surface area contributed by atoms with E-state index in [2.05, 4.69) is 10.1 Å². The molecule has 0 aromatic heterocycles. The zero-order valence-corrected chi connectivity index (χ0v) is 20.7. The Balaban J connectivity index is 1.62. The molecule has 0 spiro atoms. The molecule has 0 saturated heterocycles. The van der Waals surface area contributed by atoms with E-state index in [1.54, 1.807) is 24.3 Å². The summed E-state index contributed by atoms with van der Waals surface area (Å²) in [4.78, 5) is 27.1. The molecule has 2 aliphatic rings. The van der Waals surface area contributed by atoms with Gasteiger partial charge in [-0.25, -0.2) is 9.59 Å². The van der Waals surface area contributed by atoms with Crippen LogP contribution in [0.2, 0.25) is 0 Å². The zero-order chi connectivity index (χ0) is 26.5. The number of benzene rings is 2. The van der Waals surface area contributed by atoms with E-state index in [0.717, 1.165) is 63.4 Å². The highest BCUT2D eigenvalue weighted by molar-refractivity contribution is 5.90. The third-order valence-electron chi connectivity index (χ3n) is 7.75. The molecule has 37 heavy (non-hydrogen) atoms. The van der Waals surface area contributed by atoms with Crippen molar-refractivity contribution in [1.82, 2.24) is 4.90 Å². The molecule has 0 heterocycles. The van der Waals surface area contributed by atoms with Gasteiger partial charge >= 0.3 is 18.4 Å². The smallest absolute Gasteiger partial charge is 0.478 e. The Morgan fingerprint density at radius 3 is 2.08 bits per heavy atom. The van der Waals surface area contributed by atoms with Crippen LogP contribution >= 0.6 is 0 Å². The summed E-state index contributed by atoms with van der Waals surface area (Å²) in [7, 11) is 0. The number of carboxylic acid groups (broad SMARTS) is 1. The molecule has 2 aromatic carbocycles. The molecule has 2 N–H and O–H groups in total. The number of ether oxygens (including phenoxy) is 1. The first-order valence-corrected chi connectivity index (χ1v) is 12.9. The summed E-state index contributed by atoms with van der Waals surface area (Å²) in [6, 6.07) is 11.4. The molecule has 9 heteroatoms. The molecule has 200 valence electrons. The number of carbonyl (C=O) groups is 2. The minimum atomic E-state index is -4.79. The second kappa shape index (κ2) is 11.4. The highest BCUT2D eigenvalue weighted by Crippen LogP contribution is 2.46. The predicted molar refractivity (Wildman–Crippen MR) is 133 cm³/mol. The lowest BCUT2D eigenvalue weighted by Gasteiger charge is -2.52. The summed E-state index contributed by atoms with van der Waals surface area (Å²) in [5.41, 5.74) is 1.06. The molecular formula is C28H33F3N2O4. The van der Waals surface area contributed by atoms with E-state index < -0.39 is 12.3 Å². The fourth-order valence-corrected chi connectivity index (χ4v) is 6.00. The highest BCUT2D eigenvalue weighted by atomic mass is 19.4. The highest BCUT2D eigenvalue weighted by Gasteiger charge is 2.46. The van der Waals surface area contributed by atoms with Crippen molar-refractivity contribution in [3.05, 3.63) is 59.7 Å². The number of hydrogen-bond acceptors (Lipinski definition) is 3. The number of carbonyl (C=O) groups excluding carboxylic acids is 1. The Morgan fingerprint density at radius 2 is 1.51 bits per heavy atom. The normalized spacial score (nSPS) is 18.1. The van der Waals surface area contributed by atoms with Gasteiger partial charge in [0.25, 0.3) is 0 Å². The van der Waals surface area contributed by atoms with Crippen LogP contribution in [0, 0.1) is 5.92 Å². The van der Waals surface area contributed by atoms with Crippen LogP contribution in [-0.2, 0) is 6.54 Å². The van der Waals surface area contributed by atoms with E-state index in [9.17, 15) is 27.9 Å². The molecule has 2 aliphatic carbocycles. The summed E-state index contributed by atoms with van der Waals surface area (Å²) in [5.74, 6) is -0.995. The molecule has 2 aromatic rings. The van der Waals surface area contributed by atoms with Crippen LogP contribution in [0.25, 0.3) is 0 Å². The number of anilines is 1. The Hall–Kier alpha value is -3.23. The summed E-state index contributed by atoms with van der Waals surface area (Å²) in [6.07, 6.45) is 5.78. The van der Waals surface area contributed by atoms with Crippen molar-refractivity contribution in [1.29, 1.82) is 0 Å². The first kappa shape index (κ1) is 26.8. The molecule has 4 rings (SSSR count). The number of alkyl halides is 3. The monoisotopic (exact) mass is 518 g/mol. The standard InChI is InChI=1S/C28H33F3N2O4/c29-28(30,31)37-24-15-13-23(14-16-24)32-26(36)33(19-20-9-11-21(12-10-20)25(34)35)27(17-5-2-6-18-27)22-7-3-1-4-8-22/h9-16,22H,1-8,17-19H2,(H,32,36)(H,34,35). The van der Waals surface area contributed by atoms with Crippen molar-refractivity contribution < 1.29 is 32.6 Å². The van der Waals surface area contributed by atoms with Crippen molar-refractivity contribution >= 4 is 17.7 Å². The largest absolute Gasteiger partial charge is 0.573 e. The number of halogens is 3. The Kier molecular flexibility index (Phi) is 8.29. The van der Waals surface area contributed by atoms with Gasteiger partial charge in [0.05, 0.1) is 5.56 Å². The van der Waals surface area contributed by atoms with Crippen molar-refractivity contribution in [2.75, 3.05) is 5.32 Å². The zero-order valence-electron chi connectivity index (χ0n) is 20.7. The fourth-order valence-electron chi connectivity index (χ4n) is 6.00. The molecular weight excluding hydrogens is 485 g/mol. The van der Waals surface area contributed by atoms with Gasteiger partial charge in [-0.15, -0.1) is 13.2 Å². The summed E-state index contributed by atoms with van der Waals surface area (Å²) in [5, 5.41) is 12.2. The number of nitrogens with zero attached hydrogens (tertiary/aromatic N) is 1. The van der Waals surface area contributed by atoms with Gasteiger partial charge in [-0.05, 0) is 73.6 Å².